The Morgan fingerprint density at radius 3 is 2.32 bits per heavy atom. The van der Waals surface area contributed by atoms with E-state index in [0.29, 0.717) is 27.8 Å². The van der Waals surface area contributed by atoms with Crippen LogP contribution in [0.3, 0.4) is 0 Å². The maximum absolute atomic E-state index is 12.7. The lowest BCUT2D eigenvalue weighted by atomic mass is 10.1. The van der Waals surface area contributed by atoms with E-state index in [4.69, 9.17) is 21.1 Å². The number of nitrogens with one attached hydrogen (secondary N) is 2. The van der Waals surface area contributed by atoms with Gasteiger partial charge in [0.15, 0.2) is 11.5 Å². The fraction of sp³-hybridized carbons (Fsp3) is 0.0870. The van der Waals surface area contributed by atoms with E-state index >= 15 is 0 Å². The van der Waals surface area contributed by atoms with Gasteiger partial charge in [-0.1, -0.05) is 35.9 Å². The summed E-state index contributed by atoms with van der Waals surface area (Å²) in [6.07, 6.45) is 1.50. The van der Waals surface area contributed by atoms with Gasteiger partial charge in [0.05, 0.1) is 31.7 Å². The third kappa shape index (κ3) is 5.61. The molecule has 0 aliphatic heterocycles. The van der Waals surface area contributed by atoms with Crippen LogP contribution in [0, 0.1) is 0 Å². The molecule has 0 aliphatic carbocycles. The second kappa shape index (κ2) is 10.3. The summed E-state index contributed by atoms with van der Waals surface area (Å²) in [5, 5.41) is 7.32. The van der Waals surface area contributed by atoms with Gasteiger partial charge in [-0.3, -0.25) is 9.59 Å². The van der Waals surface area contributed by atoms with Crippen molar-refractivity contribution >= 4 is 35.3 Å². The molecule has 8 heteroatoms. The van der Waals surface area contributed by atoms with Gasteiger partial charge in [-0.15, -0.1) is 0 Å². The van der Waals surface area contributed by atoms with Gasteiger partial charge in [-0.05, 0) is 48.0 Å². The second-order valence-electron chi connectivity index (χ2n) is 6.32. The number of benzene rings is 3. The number of ether oxygens (including phenoxy) is 2. The van der Waals surface area contributed by atoms with Gasteiger partial charge >= 0.3 is 0 Å². The smallest absolute Gasteiger partial charge is 0.273 e. The van der Waals surface area contributed by atoms with Crippen LogP contribution in [0.15, 0.2) is 71.8 Å². The van der Waals surface area contributed by atoms with Gasteiger partial charge < -0.3 is 14.8 Å². The molecule has 0 heterocycles. The summed E-state index contributed by atoms with van der Waals surface area (Å²) in [4.78, 5) is 25.3. The first-order chi connectivity index (χ1) is 15.0. The molecule has 0 aliphatic rings. The van der Waals surface area contributed by atoms with Crippen LogP contribution in [0.1, 0.15) is 26.3 Å². The number of amides is 2. The summed E-state index contributed by atoms with van der Waals surface area (Å²) in [7, 11) is 3.01. The molecule has 0 spiro atoms. The van der Waals surface area contributed by atoms with Crippen LogP contribution in [-0.2, 0) is 0 Å². The summed E-state index contributed by atoms with van der Waals surface area (Å²) in [5.74, 6) is 0.0781. The number of anilines is 1. The number of carbonyl (C=O) groups excluding carboxylic acids is 2. The van der Waals surface area contributed by atoms with Crippen LogP contribution >= 0.6 is 11.6 Å². The predicted molar refractivity (Wildman–Crippen MR) is 120 cm³/mol. The highest BCUT2D eigenvalue weighted by Gasteiger charge is 2.15. The van der Waals surface area contributed by atoms with Crippen molar-refractivity contribution in [2.45, 2.75) is 0 Å². The molecule has 3 rings (SSSR count). The number of hydrazone groups is 1. The van der Waals surface area contributed by atoms with Crippen LogP contribution in [0.2, 0.25) is 5.02 Å². The Kier molecular flexibility index (Phi) is 7.24. The minimum atomic E-state index is -0.464. The van der Waals surface area contributed by atoms with E-state index in [2.05, 4.69) is 15.8 Å². The van der Waals surface area contributed by atoms with Crippen LogP contribution in [-0.4, -0.2) is 32.2 Å². The van der Waals surface area contributed by atoms with Gasteiger partial charge in [-0.2, -0.15) is 5.10 Å². The lowest BCUT2D eigenvalue weighted by Crippen LogP contribution is -2.21. The zero-order valence-electron chi connectivity index (χ0n) is 16.9. The molecule has 0 fully saturated rings. The standard InChI is InChI=1S/C23H20ClN3O4/c1-30-20-12-9-16(13-21(20)31-2)22(28)26-19-6-4-3-5-18(19)23(29)27-25-14-15-7-10-17(24)11-8-15/h3-14H,1-2H3,(H,26,28)(H,27,29)/b25-14+. The van der Waals surface area contributed by atoms with E-state index in [9.17, 15) is 9.59 Å². The van der Waals surface area contributed by atoms with Crippen LogP contribution in [0.25, 0.3) is 0 Å². The van der Waals surface area contributed by atoms with Gasteiger partial charge in [0.2, 0.25) is 0 Å². The van der Waals surface area contributed by atoms with E-state index in [0.717, 1.165) is 5.56 Å². The Balaban J connectivity index is 1.73. The molecule has 0 saturated heterocycles. The minimum absolute atomic E-state index is 0.268. The number of nitrogens with zero attached hydrogens (tertiary/aromatic N) is 1. The fourth-order valence-electron chi connectivity index (χ4n) is 2.74. The predicted octanol–water partition coefficient (Wildman–Crippen LogP) is 4.37. The number of carbonyl (C=O) groups is 2. The Morgan fingerprint density at radius 2 is 1.61 bits per heavy atom. The first-order valence-electron chi connectivity index (χ1n) is 9.23. The van der Waals surface area contributed by atoms with Crippen molar-refractivity contribution in [3.05, 3.63) is 88.4 Å². The zero-order valence-corrected chi connectivity index (χ0v) is 17.6. The molecule has 2 N–H and O–H groups in total. The van der Waals surface area contributed by atoms with Gasteiger partial charge in [0, 0.05) is 10.6 Å². The Labute approximate surface area is 184 Å². The Morgan fingerprint density at radius 1 is 0.903 bits per heavy atom. The zero-order chi connectivity index (χ0) is 22.2. The SMILES string of the molecule is COc1ccc(C(=O)Nc2ccccc2C(=O)N/N=C/c2ccc(Cl)cc2)cc1OC. The Bertz CT molecular complexity index is 1110. The van der Waals surface area contributed by atoms with Crippen LogP contribution < -0.4 is 20.2 Å². The van der Waals surface area contributed by atoms with Gasteiger partial charge in [0.1, 0.15) is 0 Å². The molecule has 3 aromatic carbocycles. The molecular formula is C23H20ClN3O4. The van der Waals surface area contributed by atoms with Crippen LogP contribution in [0.5, 0.6) is 11.5 Å². The maximum Gasteiger partial charge on any atom is 0.273 e. The van der Waals surface area contributed by atoms with Crippen molar-refractivity contribution in [2.24, 2.45) is 5.10 Å². The topological polar surface area (TPSA) is 89.0 Å². The van der Waals surface area contributed by atoms with Crippen molar-refractivity contribution < 1.29 is 19.1 Å². The number of hydrogen-bond acceptors (Lipinski definition) is 5. The highest BCUT2D eigenvalue weighted by atomic mass is 35.5. The van der Waals surface area contributed by atoms with Crippen molar-refractivity contribution in [3.8, 4) is 11.5 Å². The molecular weight excluding hydrogens is 418 g/mol. The fourth-order valence-corrected chi connectivity index (χ4v) is 2.86. The van der Waals surface area contributed by atoms with E-state index < -0.39 is 11.8 Å². The van der Waals surface area contributed by atoms with Gasteiger partial charge in [0.25, 0.3) is 11.8 Å². The summed E-state index contributed by atoms with van der Waals surface area (Å²) >= 11 is 5.85. The van der Waals surface area contributed by atoms with E-state index in [1.165, 1.54) is 20.4 Å². The highest BCUT2D eigenvalue weighted by molar-refractivity contribution is 6.30. The number of hydrogen-bond donors (Lipinski definition) is 2. The molecule has 2 amide bonds. The quantitative estimate of drug-likeness (QED) is 0.424. The average Bonchev–Trinajstić information content (AvgIpc) is 2.80. The monoisotopic (exact) mass is 437 g/mol. The van der Waals surface area contributed by atoms with E-state index in [1.807, 2.05) is 0 Å². The number of para-hydroxylation sites is 1. The van der Waals surface area contributed by atoms with Crippen molar-refractivity contribution in [2.75, 3.05) is 19.5 Å². The van der Waals surface area contributed by atoms with Crippen molar-refractivity contribution in [1.29, 1.82) is 0 Å². The average molecular weight is 438 g/mol. The molecule has 0 saturated carbocycles. The molecule has 31 heavy (non-hydrogen) atoms. The van der Waals surface area contributed by atoms with Crippen LogP contribution in [0.4, 0.5) is 5.69 Å². The van der Waals surface area contributed by atoms with E-state index in [1.54, 1.807) is 66.7 Å². The lowest BCUT2D eigenvalue weighted by Gasteiger charge is -2.12. The third-order valence-corrected chi connectivity index (χ3v) is 4.57. The first-order valence-corrected chi connectivity index (χ1v) is 9.61. The molecule has 0 atom stereocenters. The molecule has 3 aromatic rings. The number of halogens is 1. The molecule has 0 radical (unpaired) electrons. The summed E-state index contributed by atoms with van der Waals surface area (Å²) in [5.41, 5.74) is 4.21. The molecule has 0 aromatic heterocycles. The normalized spacial score (nSPS) is 10.5. The number of rotatable bonds is 7. The summed E-state index contributed by atoms with van der Waals surface area (Å²) < 4.78 is 10.4. The third-order valence-electron chi connectivity index (χ3n) is 4.32. The lowest BCUT2D eigenvalue weighted by molar-refractivity contribution is 0.0956. The second-order valence-corrected chi connectivity index (χ2v) is 6.76. The number of methoxy groups -OCH3 is 2. The minimum Gasteiger partial charge on any atom is -0.493 e. The van der Waals surface area contributed by atoms with Gasteiger partial charge in [-0.25, -0.2) is 5.43 Å². The molecule has 158 valence electrons. The first kappa shape index (κ1) is 21.9. The molecule has 7 nitrogen and oxygen atoms in total. The summed E-state index contributed by atoms with van der Waals surface area (Å²) in [6.45, 7) is 0. The van der Waals surface area contributed by atoms with Crippen molar-refractivity contribution in [3.63, 3.8) is 0 Å². The molecule has 0 bridgehead atoms. The molecule has 0 unspecified atom stereocenters. The maximum atomic E-state index is 12.7. The van der Waals surface area contributed by atoms with E-state index in [-0.39, 0.29) is 5.56 Å². The Hall–Kier alpha value is -3.84. The van der Waals surface area contributed by atoms with Crippen molar-refractivity contribution in [1.82, 2.24) is 5.43 Å². The largest absolute Gasteiger partial charge is 0.493 e. The summed E-state index contributed by atoms with van der Waals surface area (Å²) in [6, 6.07) is 18.5. The highest BCUT2D eigenvalue weighted by Crippen LogP contribution is 2.28.